The molecule has 0 bridgehead atoms. The Morgan fingerprint density at radius 2 is 1.69 bits per heavy atom. The van der Waals surface area contributed by atoms with Gasteiger partial charge in [0.05, 0.1) is 11.5 Å². The van der Waals surface area contributed by atoms with Crippen LogP contribution in [-0.4, -0.2) is 45.7 Å². The summed E-state index contributed by atoms with van der Waals surface area (Å²) >= 11 is 0. The lowest BCUT2D eigenvalue weighted by molar-refractivity contribution is 0.0788. The Kier molecular flexibility index (Phi) is 6.76. The van der Waals surface area contributed by atoms with E-state index >= 15 is 0 Å². The van der Waals surface area contributed by atoms with Crippen molar-refractivity contribution in [2.45, 2.75) is 17.9 Å². The summed E-state index contributed by atoms with van der Waals surface area (Å²) in [6, 6.07) is 13.6. The molecular weight excluding hydrogens is 352 g/mol. The molecule has 2 aromatic rings. The molecule has 0 aliphatic heterocycles. The van der Waals surface area contributed by atoms with E-state index in [4.69, 9.17) is 10.5 Å². The van der Waals surface area contributed by atoms with Crippen molar-refractivity contribution in [1.29, 1.82) is 0 Å². The van der Waals surface area contributed by atoms with Gasteiger partial charge in [0.2, 0.25) is 0 Å². The average Bonchev–Trinajstić information content (AvgIpc) is 2.64. The highest BCUT2D eigenvalue weighted by Crippen LogP contribution is 2.16. The van der Waals surface area contributed by atoms with Crippen molar-refractivity contribution in [3.8, 4) is 5.75 Å². The summed E-state index contributed by atoms with van der Waals surface area (Å²) in [5.74, 6) is 0.551. The lowest BCUT2D eigenvalue weighted by Crippen LogP contribution is -2.28. The Labute approximate surface area is 154 Å². The van der Waals surface area contributed by atoms with Crippen LogP contribution in [0.25, 0.3) is 0 Å². The Morgan fingerprint density at radius 1 is 1.08 bits per heavy atom. The summed E-state index contributed by atoms with van der Waals surface area (Å²) in [6.07, 6.45) is 1.83. The van der Waals surface area contributed by atoms with Crippen LogP contribution >= 0.6 is 0 Å². The fourth-order valence-electron chi connectivity index (χ4n) is 2.38. The molecular formula is C19H24N2O4S. The van der Waals surface area contributed by atoms with Crippen LogP contribution in [-0.2, 0) is 16.4 Å². The number of nitrogens with zero attached hydrogens (tertiary/aromatic N) is 1. The lowest BCUT2D eigenvalue weighted by atomic mass is 10.1. The molecule has 0 spiro atoms. The molecule has 140 valence electrons. The van der Waals surface area contributed by atoms with E-state index in [1.54, 1.807) is 36.2 Å². The van der Waals surface area contributed by atoms with E-state index < -0.39 is 9.84 Å². The maximum atomic E-state index is 12.3. The van der Waals surface area contributed by atoms with Gasteiger partial charge in [-0.05, 0) is 48.4 Å². The van der Waals surface area contributed by atoms with Crippen LogP contribution in [0, 0.1) is 0 Å². The zero-order valence-electron chi connectivity index (χ0n) is 15.0. The monoisotopic (exact) mass is 376 g/mol. The molecule has 1 amide bonds. The van der Waals surface area contributed by atoms with Crippen LogP contribution in [0.3, 0.4) is 0 Å². The Morgan fingerprint density at radius 3 is 2.23 bits per heavy atom. The topological polar surface area (TPSA) is 89.7 Å². The molecule has 0 fully saturated rings. The number of ether oxygens (including phenoxy) is 1. The quantitative estimate of drug-likeness (QED) is 0.713. The molecule has 0 unspecified atom stereocenters. The first-order chi connectivity index (χ1) is 12.3. The van der Waals surface area contributed by atoms with Crippen LogP contribution in [0.4, 0.5) is 0 Å². The number of sulfone groups is 1. The van der Waals surface area contributed by atoms with Crippen molar-refractivity contribution in [1.82, 2.24) is 4.90 Å². The van der Waals surface area contributed by atoms with Gasteiger partial charge in [-0.25, -0.2) is 8.42 Å². The standard InChI is InChI=1S/C19H24N2O4S/c1-21(19(22)16-6-4-15(14-20)5-7-16)12-3-13-25-17-8-10-18(11-9-17)26(2,23)24/h4-11H,3,12-14,20H2,1-2H3. The molecule has 0 saturated heterocycles. The van der Waals surface area contributed by atoms with Crippen LogP contribution in [0.5, 0.6) is 5.75 Å². The summed E-state index contributed by atoms with van der Waals surface area (Å²) in [5, 5.41) is 0. The van der Waals surface area contributed by atoms with Gasteiger partial charge in [-0.3, -0.25) is 4.79 Å². The molecule has 0 radical (unpaired) electrons. The van der Waals surface area contributed by atoms with Gasteiger partial charge in [-0.2, -0.15) is 0 Å². The van der Waals surface area contributed by atoms with E-state index in [9.17, 15) is 13.2 Å². The smallest absolute Gasteiger partial charge is 0.253 e. The summed E-state index contributed by atoms with van der Waals surface area (Å²) in [7, 11) is -1.45. The van der Waals surface area contributed by atoms with Gasteiger partial charge in [0, 0.05) is 32.0 Å². The number of carbonyl (C=O) groups is 1. The SMILES string of the molecule is CN(CCCOc1ccc(S(C)(=O)=O)cc1)C(=O)c1ccc(CN)cc1. The lowest BCUT2D eigenvalue weighted by Gasteiger charge is -2.17. The van der Waals surface area contributed by atoms with Gasteiger partial charge < -0.3 is 15.4 Å². The van der Waals surface area contributed by atoms with E-state index in [0.717, 1.165) is 5.56 Å². The maximum Gasteiger partial charge on any atom is 0.253 e. The third-order valence-corrected chi connectivity index (χ3v) is 5.07. The van der Waals surface area contributed by atoms with Gasteiger partial charge in [0.1, 0.15) is 5.75 Å². The molecule has 0 aliphatic carbocycles. The highest BCUT2D eigenvalue weighted by molar-refractivity contribution is 7.90. The third kappa shape index (κ3) is 5.57. The van der Waals surface area contributed by atoms with Gasteiger partial charge in [0.25, 0.3) is 5.91 Å². The van der Waals surface area contributed by atoms with Gasteiger partial charge >= 0.3 is 0 Å². The van der Waals surface area contributed by atoms with Gasteiger partial charge in [0.15, 0.2) is 9.84 Å². The van der Waals surface area contributed by atoms with Crippen molar-refractivity contribution in [3.63, 3.8) is 0 Å². The van der Waals surface area contributed by atoms with E-state index in [1.807, 2.05) is 12.1 Å². The zero-order valence-corrected chi connectivity index (χ0v) is 15.8. The van der Waals surface area contributed by atoms with E-state index in [-0.39, 0.29) is 10.8 Å². The molecule has 0 atom stereocenters. The Balaban J connectivity index is 1.78. The minimum Gasteiger partial charge on any atom is -0.494 e. The number of rotatable bonds is 8. The number of hydrogen-bond acceptors (Lipinski definition) is 5. The second kappa shape index (κ2) is 8.82. The molecule has 0 aromatic heterocycles. The fourth-order valence-corrected chi connectivity index (χ4v) is 3.01. The van der Waals surface area contributed by atoms with Crippen LogP contribution < -0.4 is 10.5 Å². The van der Waals surface area contributed by atoms with Crippen LogP contribution in [0.1, 0.15) is 22.3 Å². The van der Waals surface area contributed by atoms with Crippen LogP contribution in [0.15, 0.2) is 53.4 Å². The van der Waals surface area contributed by atoms with E-state index in [2.05, 4.69) is 0 Å². The minimum absolute atomic E-state index is 0.0499. The highest BCUT2D eigenvalue weighted by Gasteiger charge is 2.11. The van der Waals surface area contributed by atoms with E-state index in [1.165, 1.54) is 18.4 Å². The largest absolute Gasteiger partial charge is 0.494 e. The number of nitrogens with two attached hydrogens (primary N) is 1. The summed E-state index contributed by atoms with van der Waals surface area (Å²) in [5.41, 5.74) is 7.17. The van der Waals surface area contributed by atoms with Gasteiger partial charge in [-0.15, -0.1) is 0 Å². The molecule has 0 saturated carbocycles. The Bertz CT molecular complexity index is 831. The third-order valence-electron chi connectivity index (χ3n) is 3.94. The normalized spacial score (nSPS) is 11.2. The summed E-state index contributed by atoms with van der Waals surface area (Å²) in [4.78, 5) is 14.2. The van der Waals surface area contributed by atoms with Crippen molar-refractivity contribution in [3.05, 3.63) is 59.7 Å². The van der Waals surface area contributed by atoms with Crippen molar-refractivity contribution in [2.75, 3.05) is 26.5 Å². The maximum absolute atomic E-state index is 12.3. The summed E-state index contributed by atoms with van der Waals surface area (Å²) in [6.45, 7) is 1.44. The molecule has 2 rings (SSSR count). The first-order valence-electron chi connectivity index (χ1n) is 8.28. The first kappa shape index (κ1) is 19.9. The fraction of sp³-hybridized carbons (Fsp3) is 0.316. The number of carbonyl (C=O) groups excluding carboxylic acids is 1. The minimum atomic E-state index is -3.20. The molecule has 2 N–H and O–H groups in total. The van der Waals surface area contributed by atoms with Crippen molar-refractivity contribution in [2.24, 2.45) is 5.73 Å². The predicted octanol–water partition coefficient (Wildman–Crippen LogP) is 2.09. The second-order valence-corrected chi connectivity index (χ2v) is 8.09. The number of hydrogen-bond donors (Lipinski definition) is 1. The molecule has 0 aliphatic rings. The molecule has 26 heavy (non-hydrogen) atoms. The summed E-state index contributed by atoms with van der Waals surface area (Å²) < 4.78 is 28.4. The molecule has 7 heteroatoms. The van der Waals surface area contributed by atoms with Crippen molar-refractivity contribution < 1.29 is 17.9 Å². The number of benzene rings is 2. The number of amides is 1. The second-order valence-electron chi connectivity index (χ2n) is 6.07. The first-order valence-corrected chi connectivity index (χ1v) is 10.2. The predicted molar refractivity (Wildman–Crippen MR) is 101 cm³/mol. The zero-order chi connectivity index (χ0) is 19.2. The molecule has 6 nitrogen and oxygen atoms in total. The van der Waals surface area contributed by atoms with Crippen LogP contribution in [0.2, 0.25) is 0 Å². The van der Waals surface area contributed by atoms with Gasteiger partial charge in [-0.1, -0.05) is 12.1 Å². The Hall–Kier alpha value is -2.38. The molecule has 2 aromatic carbocycles. The average molecular weight is 376 g/mol. The van der Waals surface area contributed by atoms with Crippen molar-refractivity contribution >= 4 is 15.7 Å². The molecule has 0 heterocycles. The van der Waals surface area contributed by atoms with E-state index in [0.29, 0.717) is 37.4 Å². The highest BCUT2D eigenvalue weighted by atomic mass is 32.2.